The maximum atomic E-state index is 13.8. The van der Waals surface area contributed by atoms with Gasteiger partial charge in [-0.2, -0.15) is 0 Å². The van der Waals surface area contributed by atoms with E-state index in [0.29, 0.717) is 17.9 Å². The quantitative estimate of drug-likeness (QED) is 0.902. The van der Waals surface area contributed by atoms with Crippen molar-refractivity contribution >= 4 is 0 Å². The number of hydrogen-bond acceptors (Lipinski definition) is 2. The molecular weight excluding hydrogens is 260 g/mol. The Morgan fingerprint density at radius 1 is 1.10 bits per heavy atom. The molecule has 0 saturated carbocycles. The molecule has 0 heterocycles. The van der Waals surface area contributed by atoms with E-state index in [9.17, 15) is 8.78 Å². The minimum Gasteiger partial charge on any atom is -0.493 e. The molecular formula is C16H17F2NO. The molecule has 0 radical (unpaired) electrons. The van der Waals surface area contributed by atoms with Crippen molar-refractivity contribution in [2.75, 3.05) is 6.61 Å². The Morgan fingerprint density at radius 3 is 2.60 bits per heavy atom. The molecule has 1 atom stereocenters. The third-order valence-corrected chi connectivity index (χ3v) is 3.01. The van der Waals surface area contributed by atoms with Gasteiger partial charge in [-0.25, -0.2) is 8.78 Å². The summed E-state index contributed by atoms with van der Waals surface area (Å²) in [7, 11) is 0. The lowest BCUT2D eigenvalue weighted by Crippen LogP contribution is -2.15. The average Bonchev–Trinajstić information content (AvgIpc) is 2.47. The van der Waals surface area contributed by atoms with E-state index in [1.165, 1.54) is 0 Å². The smallest absolute Gasteiger partial charge is 0.128 e. The Morgan fingerprint density at radius 2 is 1.85 bits per heavy atom. The predicted octanol–water partition coefficient (Wildman–Crippen LogP) is 3.80. The van der Waals surface area contributed by atoms with Gasteiger partial charge >= 0.3 is 0 Å². The zero-order chi connectivity index (χ0) is 14.5. The van der Waals surface area contributed by atoms with E-state index in [-0.39, 0.29) is 5.56 Å². The number of ether oxygens (including phenoxy) is 1. The molecule has 4 heteroatoms. The van der Waals surface area contributed by atoms with Crippen LogP contribution in [0.15, 0.2) is 42.5 Å². The van der Waals surface area contributed by atoms with Crippen LogP contribution in [0, 0.1) is 11.6 Å². The second-order valence-corrected chi connectivity index (χ2v) is 4.53. The van der Waals surface area contributed by atoms with Crippen molar-refractivity contribution in [3.63, 3.8) is 0 Å². The van der Waals surface area contributed by atoms with Crippen LogP contribution in [0.2, 0.25) is 0 Å². The van der Waals surface area contributed by atoms with Crippen LogP contribution in [0.25, 0.3) is 0 Å². The van der Waals surface area contributed by atoms with Crippen LogP contribution in [0.1, 0.15) is 30.5 Å². The summed E-state index contributed by atoms with van der Waals surface area (Å²) >= 11 is 0. The first-order valence-electron chi connectivity index (χ1n) is 6.55. The van der Waals surface area contributed by atoms with Gasteiger partial charge in [0.25, 0.3) is 0 Å². The third kappa shape index (κ3) is 3.14. The summed E-state index contributed by atoms with van der Waals surface area (Å²) in [4.78, 5) is 0. The topological polar surface area (TPSA) is 35.2 Å². The van der Waals surface area contributed by atoms with Crippen molar-refractivity contribution in [1.82, 2.24) is 0 Å². The van der Waals surface area contributed by atoms with E-state index >= 15 is 0 Å². The Bertz CT molecular complexity index is 586. The molecule has 0 aliphatic rings. The first kappa shape index (κ1) is 14.5. The van der Waals surface area contributed by atoms with Crippen LogP contribution < -0.4 is 10.5 Å². The van der Waals surface area contributed by atoms with Crippen LogP contribution in [-0.2, 0) is 0 Å². The second kappa shape index (κ2) is 6.48. The van der Waals surface area contributed by atoms with Crippen molar-refractivity contribution in [3.05, 3.63) is 65.2 Å². The molecule has 2 rings (SSSR count). The fraction of sp³-hybridized carbons (Fsp3) is 0.250. The van der Waals surface area contributed by atoms with E-state index in [4.69, 9.17) is 10.5 Å². The normalized spacial score (nSPS) is 12.2. The zero-order valence-corrected chi connectivity index (χ0v) is 11.3. The monoisotopic (exact) mass is 277 g/mol. The fourth-order valence-electron chi connectivity index (χ4n) is 2.00. The minimum atomic E-state index is -0.765. The van der Waals surface area contributed by atoms with Crippen molar-refractivity contribution in [3.8, 4) is 5.75 Å². The number of halogens is 2. The van der Waals surface area contributed by atoms with Gasteiger partial charge in [0.15, 0.2) is 0 Å². The van der Waals surface area contributed by atoms with E-state index < -0.39 is 17.7 Å². The van der Waals surface area contributed by atoms with Crippen molar-refractivity contribution in [1.29, 1.82) is 0 Å². The van der Waals surface area contributed by atoms with Crippen LogP contribution >= 0.6 is 0 Å². The van der Waals surface area contributed by atoms with Gasteiger partial charge in [0.05, 0.1) is 12.6 Å². The molecule has 106 valence electrons. The van der Waals surface area contributed by atoms with E-state index in [1.54, 1.807) is 18.2 Å². The van der Waals surface area contributed by atoms with Gasteiger partial charge in [-0.05, 0) is 30.7 Å². The van der Waals surface area contributed by atoms with Crippen LogP contribution in [0.5, 0.6) is 5.75 Å². The molecule has 0 fully saturated rings. The summed E-state index contributed by atoms with van der Waals surface area (Å²) < 4.78 is 32.7. The maximum Gasteiger partial charge on any atom is 0.128 e. The number of benzene rings is 2. The maximum absolute atomic E-state index is 13.8. The second-order valence-electron chi connectivity index (χ2n) is 4.53. The molecule has 0 aliphatic heterocycles. The van der Waals surface area contributed by atoms with Gasteiger partial charge in [0.1, 0.15) is 17.4 Å². The molecule has 2 nitrogen and oxygen atoms in total. The third-order valence-electron chi connectivity index (χ3n) is 3.01. The van der Waals surface area contributed by atoms with Crippen LogP contribution in [0.3, 0.4) is 0 Å². The van der Waals surface area contributed by atoms with Gasteiger partial charge in [-0.3, -0.25) is 0 Å². The predicted molar refractivity (Wildman–Crippen MR) is 74.6 cm³/mol. The van der Waals surface area contributed by atoms with Gasteiger partial charge < -0.3 is 10.5 Å². The molecule has 0 spiro atoms. The van der Waals surface area contributed by atoms with Crippen molar-refractivity contribution in [2.24, 2.45) is 5.73 Å². The standard InChI is InChI=1S/C16H17F2NO/c1-2-9-20-15-6-4-3-5-12(15)16(19)13-10-11(17)7-8-14(13)18/h3-8,10,16H,2,9,19H2,1H3. The Hall–Kier alpha value is -1.94. The van der Waals surface area contributed by atoms with Crippen molar-refractivity contribution < 1.29 is 13.5 Å². The van der Waals surface area contributed by atoms with Crippen LogP contribution in [-0.4, -0.2) is 6.61 Å². The van der Waals surface area contributed by atoms with E-state index in [2.05, 4.69) is 0 Å². The summed E-state index contributed by atoms with van der Waals surface area (Å²) in [6.07, 6.45) is 0.859. The molecule has 2 N–H and O–H groups in total. The summed E-state index contributed by atoms with van der Waals surface area (Å²) in [5.74, 6) is -0.432. The van der Waals surface area contributed by atoms with Gasteiger partial charge in [0.2, 0.25) is 0 Å². The molecule has 2 aromatic carbocycles. The molecule has 2 aromatic rings. The number of para-hydroxylation sites is 1. The molecule has 0 aliphatic carbocycles. The minimum absolute atomic E-state index is 0.123. The molecule has 0 aromatic heterocycles. The highest BCUT2D eigenvalue weighted by molar-refractivity contribution is 5.41. The highest BCUT2D eigenvalue weighted by Crippen LogP contribution is 2.30. The Labute approximate surface area is 117 Å². The summed E-state index contributed by atoms with van der Waals surface area (Å²) in [6.45, 7) is 2.55. The Kier molecular flexibility index (Phi) is 4.69. The lowest BCUT2D eigenvalue weighted by atomic mass is 9.98. The van der Waals surface area contributed by atoms with Crippen LogP contribution in [0.4, 0.5) is 8.78 Å². The lowest BCUT2D eigenvalue weighted by molar-refractivity contribution is 0.313. The largest absolute Gasteiger partial charge is 0.493 e. The summed E-state index contributed by atoms with van der Waals surface area (Å²) in [5, 5.41) is 0. The van der Waals surface area contributed by atoms with E-state index in [0.717, 1.165) is 24.6 Å². The van der Waals surface area contributed by atoms with E-state index in [1.807, 2.05) is 13.0 Å². The molecule has 0 amide bonds. The SMILES string of the molecule is CCCOc1ccccc1C(N)c1cc(F)ccc1F. The zero-order valence-electron chi connectivity index (χ0n) is 11.3. The summed E-state index contributed by atoms with van der Waals surface area (Å²) in [5.41, 5.74) is 6.84. The fourth-order valence-corrected chi connectivity index (χ4v) is 2.00. The first-order valence-corrected chi connectivity index (χ1v) is 6.55. The molecule has 20 heavy (non-hydrogen) atoms. The molecule has 0 bridgehead atoms. The average molecular weight is 277 g/mol. The number of hydrogen-bond donors (Lipinski definition) is 1. The number of nitrogens with two attached hydrogens (primary N) is 1. The first-order chi connectivity index (χ1) is 9.63. The lowest BCUT2D eigenvalue weighted by Gasteiger charge is -2.17. The molecule has 0 saturated heterocycles. The highest BCUT2D eigenvalue weighted by Gasteiger charge is 2.18. The molecule has 1 unspecified atom stereocenters. The Balaban J connectivity index is 2.37. The number of rotatable bonds is 5. The van der Waals surface area contributed by atoms with Crippen molar-refractivity contribution in [2.45, 2.75) is 19.4 Å². The van der Waals surface area contributed by atoms with Gasteiger partial charge in [-0.15, -0.1) is 0 Å². The highest BCUT2D eigenvalue weighted by atomic mass is 19.1. The van der Waals surface area contributed by atoms with Gasteiger partial charge in [-0.1, -0.05) is 25.1 Å². The van der Waals surface area contributed by atoms with Gasteiger partial charge in [0, 0.05) is 11.1 Å². The summed E-state index contributed by atoms with van der Waals surface area (Å²) in [6, 6.07) is 9.68.